The number of nitrogens with zero attached hydrogens (tertiary/aromatic N) is 2. The van der Waals surface area contributed by atoms with Crippen LogP contribution in [0.15, 0.2) is 48.5 Å². The molecule has 4 rings (SSSR count). The number of anilines is 2. The van der Waals surface area contributed by atoms with Crippen molar-refractivity contribution < 1.29 is 9.53 Å². The highest BCUT2D eigenvalue weighted by molar-refractivity contribution is 5.95. The molecule has 5 nitrogen and oxygen atoms in total. The number of amides is 1. The van der Waals surface area contributed by atoms with E-state index in [4.69, 9.17) is 4.74 Å². The Bertz CT molecular complexity index is 727. The van der Waals surface area contributed by atoms with Gasteiger partial charge in [-0.2, -0.15) is 0 Å². The summed E-state index contributed by atoms with van der Waals surface area (Å²) in [4.78, 5) is 17.2. The normalized spacial score (nSPS) is 20.0. The summed E-state index contributed by atoms with van der Waals surface area (Å²) in [5.41, 5.74) is 3.10. The Hall–Kier alpha value is -2.53. The molecule has 1 atom stereocenters. The third-order valence-corrected chi connectivity index (χ3v) is 4.94. The molecule has 2 aliphatic heterocycles. The highest BCUT2D eigenvalue weighted by Crippen LogP contribution is 2.29. The molecule has 2 aliphatic rings. The maximum Gasteiger partial charge on any atom is 0.265 e. The average molecular weight is 337 g/mol. The molecule has 1 amide bonds. The average Bonchev–Trinajstić information content (AvgIpc) is 3.07. The lowest BCUT2D eigenvalue weighted by atomic mass is 10.1. The lowest BCUT2D eigenvalue weighted by Crippen LogP contribution is -2.44. The van der Waals surface area contributed by atoms with E-state index >= 15 is 0 Å². The predicted molar refractivity (Wildman–Crippen MR) is 99.3 cm³/mol. The lowest BCUT2D eigenvalue weighted by Gasteiger charge is -2.34. The van der Waals surface area contributed by atoms with Crippen molar-refractivity contribution in [3.63, 3.8) is 0 Å². The molecule has 1 saturated heterocycles. The van der Waals surface area contributed by atoms with E-state index in [0.29, 0.717) is 6.42 Å². The summed E-state index contributed by atoms with van der Waals surface area (Å²) < 4.78 is 5.74. The van der Waals surface area contributed by atoms with Crippen LogP contribution in [-0.4, -0.2) is 50.1 Å². The van der Waals surface area contributed by atoms with Gasteiger partial charge >= 0.3 is 0 Å². The number of likely N-dealkylation sites (N-methyl/N-ethyl adjacent to an activating group) is 1. The number of hydrogen-bond acceptors (Lipinski definition) is 4. The monoisotopic (exact) mass is 337 g/mol. The topological polar surface area (TPSA) is 44.8 Å². The van der Waals surface area contributed by atoms with Gasteiger partial charge in [-0.15, -0.1) is 0 Å². The minimum Gasteiger partial charge on any atom is -0.480 e. The smallest absolute Gasteiger partial charge is 0.265 e. The first kappa shape index (κ1) is 16.0. The van der Waals surface area contributed by atoms with E-state index < -0.39 is 6.10 Å². The summed E-state index contributed by atoms with van der Waals surface area (Å²) in [6, 6.07) is 15.9. The second-order valence-corrected chi connectivity index (χ2v) is 6.74. The molecule has 0 aromatic heterocycles. The molecule has 130 valence electrons. The number of nitrogens with one attached hydrogen (secondary N) is 1. The molecule has 1 fully saturated rings. The fourth-order valence-corrected chi connectivity index (χ4v) is 3.37. The third kappa shape index (κ3) is 3.46. The van der Waals surface area contributed by atoms with Crippen LogP contribution in [-0.2, 0) is 11.2 Å². The molecule has 2 heterocycles. The molecule has 25 heavy (non-hydrogen) atoms. The van der Waals surface area contributed by atoms with Crippen molar-refractivity contribution in [3.05, 3.63) is 54.1 Å². The zero-order valence-corrected chi connectivity index (χ0v) is 14.4. The number of fused-ring (bicyclic) bond motifs is 1. The van der Waals surface area contributed by atoms with Crippen molar-refractivity contribution in [2.75, 3.05) is 43.4 Å². The number of carbonyl (C=O) groups excluding carboxylic acids is 1. The Morgan fingerprint density at radius 1 is 1.04 bits per heavy atom. The maximum absolute atomic E-state index is 12.5. The molecular weight excluding hydrogens is 314 g/mol. The number of piperazine rings is 1. The number of rotatable bonds is 3. The van der Waals surface area contributed by atoms with Crippen molar-refractivity contribution in [2.45, 2.75) is 12.5 Å². The van der Waals surface area contributed by atoms with Gasteiger partial charge in [0, 0.05) is 44.0 Å². The van der Waals surface area contributed by atoms with Crippen molar-refractivity contribution in [1.29, 1.82) is 0 Å². The van der Waals surface area contributed by atoms with Crippen LogP contribution < -0.4 is 15.0 Å². The van der Waals surface area contributed by atoms with Gasteiger partial charge in [-0.25, -0.2) is 0 Å². The molecule has 0 bridgehead atoms. The molecule has 2 aromatic rings. The first-order chi connectivity index (χ1) is 12.2. The van der Waals surface area contributed by atoms with Gasteiger partial charge in [0.1, 0.15) is 5.75 Å². The number of para-hydroxylation sites is 1. The quantitative estimate of drug-likeness (QED) is 0.934. The van der Waals surface area contributed by atoms with Crippen LogP contribution in [0.1, 0.15) is 5.56 Å². The number of benzene rings is 2. The second-order valence-electron chi connectivity index (χ2n) is 6.74. The summed E-state index contributed by atoms with van der Waals surface area (Å²) in [6.45, 7) is 4.24. The van der Waals surface area contributed by atoms with Crippen molar-refractivity contribution in [3.8, 4) is 5.75 Å². The SMILES string of the molecule is CN1CCN(c2ccc(NC(=O)[C@@H]3Cc4ccccc4O3)cc2)CC1. The zero-order chi connectivity index (χ0) is 17.2. The summed E-state index contributed by atoms with van der Waals surface area (Å²) in [6.07, 6.45) is 0.177. The molecule has 0 saturated carbocycles. The minimum atomic E-state index is -0.449. The Morgan fingerprint density at radius 2 is 1.76 bits per heavy atom. The van der Waals surface area contributed by atoms with Crippen LogP contribution in [0.2, 0.25) is 0 Å². The van der Waals surface area contributed by atoms with E-state index in [-0.39, 0.29) is 5.91 Å². The zero-order valence-electron chi connectivity index (χ0n) is 14.4. The van der Waals surface area contributed by atoms with E-state index in [9.17, 15) is 4.79 Å². The minimum absolute atomic E-state index is 0.0939. The number of hydrogen-bond donors (Lipinski definition) is 1. The Labute approximate surface area is 148 Å². The molecule has 1 N–H and O–H groups in total. The fraction of sp³-hybridized carbons (Fsp3) is 0.350. The first-order valence-corrected chi connectivity index (χ1v) is 8.78. The summed E-state index contributed by atoms with van der Waals surface area (Å²) >= 11 is 0. The summed E-state index contributed by atoms with van der Waals surface area (Å²) in [5, 5.41) is 2.97. The highest BCUT2D eigenvalue weighted by Gasteiger charge is 2.28. The molecule has 5 heteroatoms. The first-order valence-electron chi connectivity index (χ1n) is 8.78. The van der Waals surface area contributed by atoms with Crippen LogP contribution in [0.3, 0.4) is 0 Å². The Morgan fingerprint density at radius 3 is 2.48 bits per heavy atom. The van der Waals surface area contributed by atoms with E-state index in [0.717, 1.165) is 43.2 Å². The summed E-state index contributed by atoms with van der Waals surface area (Å²) in [7, 11) is 2.15. The highest BCUT2D eigenvalue weighted by atomic mass is 16.5. The molecule has 0 aliphatic carbocycles. The van der Waals surface area contributed by atoms with E-state index in [1.807, 2.05) is 36.4 Å². The van der Waals surface area contributed by atoms with E-state index in [2.05, 4.69) is 34.3 Å². The molecule has 0 radical (unpaired) electrons. The van der Waals surface area contributed by atoms with Crippen LogP contribution in [0, 0.1) is 0 Å². The van der Waals surface area contributed by atoms with Gasteiger partial charge in [0.2, 0.25) is 0 Å². The number of carbonyl (C=O) groups is 1. The van der Waals surface area contributed by atoms with E-state index in [1.54, 1.807) is 0 Å². The third-order valence-electron chi connectivity index (χ3n) is 4.94. The van der Waals surface area contributed by atoms with E-state index in [1.165, 1.54) is 5.69 Å². The Kier molecular flexibility index (Phi) is 4.32. The standard InChI is InChI=1S/C20H23N3O2/c1-22-10-12-23(13-11-22)17-8-6-16(7-9-17)21-20(24)19-14-15-4-2-3-5-18(15)25-19/h2-9,19H,10-14H2,1H3,(H,21,24)/t19-/m0/s1. The number of ether oxygens (including phenoxy) is 1. The second kappa shape index (κ2) is 6.76. The molecule has 2 aromatic carbocycles. The van der Waals surface area contributed by atoms with Gasteiger partial charge in [-0.1, -0.05) is 18.2 Å². The summed E-state index contributed by atoms with van der Waals surface area (Å²) in [5.74, 6) is 0.719. The molecule has 0 unspecified atom stereocenters. The maximum atomic E-state index is 12.5. The van der Waals surface area contributed by atoms with Gasteiger partial charge in [0.05, 0.1) is 0 Å². The molecule has 0 spiro atoms. The van der Waals surface area contributed by atoms with Crippen LogP contribution >= 0.6 is 0 Å². The van der Waals surface area contributed by atoms with Gasteiger partial charge in [-0.3, -0.25) is 4.79 Å². The van der Waals surface area contributed by atoms with Gasteiger partial charge < -0.3 is 19.9 Å². The van der Waals surface area contributed by atoms with Crippen molar-refractivity contribution in [2.24, 2.45) is 0 Å². The van der Waals surface area contributed by atoms with Gasteiger partial charge in [-0.05, 0) is 42.9 Å². The van der Waals surface area contributed by atoms with Crippen LogP contribution in [0.5, 0.6) is 5.75 Å². The largest absolute Gasteiger partial charge is 0.480 e. The van der Waals surface area contributed by atoms with Crippen LogP contribution in [0.25, 0.3) is 0 Å². The molecular formula is C20H23N3O2. The van der Waals surface area contributed by atoms with Gasteiger partial charge in [0.15, 0.2) is 6.10 Å². The van der Waals surface area contributed by atoms with Crippen molar-refractivity contribution >= 4 is 17.3 Å². The fourth-order valence-electron chi connectivity index (χ4n) is 3.37. The van der Waals surface area contributed by atoms with Crippen molar-refractivity contribution in [1.82, 2.24) is 4.90 Å². The Balaban J connectivity index is 1.36. The lowest BCUT2D eigenvalue weighted by molar-refractivity contribution is -0.122. The van der Waals surface area contributed by atoms with Gasteiger partial charge in [0.25, 0.3) is 5.91 Å². The van der Waals surface area contributed by atoms with Crippen LogP contribution in [0.4, 0.5) is 11.4 Å². The predicted octanol–water partition coefficient (Wildman–Crippen LogP) is 2.38.